The van der Waals surface area contributed by atoms with Gasteiger partial charge in [-0.05, 0) is 17.7 Å². The molecule has 0 saturated heterocycles. The highest BCUT2D eigenvalue weighted by atomic mass is 35.5. The van der Waals surface area contributed by atoms with Crippen LogP contribution in [0.25, 0.3) is 0 Å². The minimum Gasteiger partial charge on any atom is -0.321 e. The summed E-state index contributed by atoms with van der Waals surface area (Å²) in [7, 11) is 0. The van der Waals surface area contributed by atoms with Gasteiger partial charge in [-0.15, -0.1) is 0 Å². The van der Waals surface area contributed by atoms with Crippen LogP contribution in [0.2, 0.25) is 5.02 Å². The van der Waals surface area contributed by atoms with E-state index in [0.29, 0.717) is 10.6 Å². The summed E-state index contributed by atoms with van der Waals surface area (Å²) in [4.78, 5) is 0. The molecule has 0 atom stereocenters. The summed E-state index contributed by atoms with van der Waals surface area (Å²) in [5, 5.41) is 0.530. The van der Waals surface area contributed by atoms with Gasteiger partial charge >= 0.3 is 0 Å². The Morgan fingerprint density at radius 1 is 1.29 bits per heavy atom. The standard InChI is InChI=1S/C10H10ClF2N/c11-8-3-1-2-7(4-8)9(14)5-10(12,13)6-9/h1-4H,5-6,14H2. The third-order valence-corrected chi connectivity index (χ3v) is 2.78. The first-order valence-electron chi connectivity index (χ1n) is 4.34. The van der Waals surface area contributed by atoms with E-state index in [4.69, 9.17) is 17.3 Å². The average Bonchev–Trinajstić information content (AvgIpc) is 2.00. The quantitative estimate of drug-likeness (QED) is 0.769. The molecule has 1 aliphatic carbocycles. The molecule has 0 heterocycles. The fourth-order valence-corrected chi connectivity index (χ4v) is 2.06. The van der Waals surface area contributed by atoms with E-state index in [9.17, 15) is 8.78 Å². The molecule has 2 rings (SSSR count). The van der Waals surface area contributed by atoms with Gasteiger partial charge in [-0.1, -0.05) is 23.7 Å². The van der Waals surface area contributed by atoms with Gasteiger partial charge in [0.1, 0.15) is 0 Å². The SMILES string of the molecule is NC1(c2cccc(Cl)c2)CC(F)(F)C1. The monoisotopic (exact) mass is 217 g/mol. The fourth-order valence-electron chi connectivity index (χ4n) is 1.87. The minimum atomic E-state index is -2.61. The molecule has 0 aliphatic heterocycles. The predicted octanol–water partition coefficient (Wildman–Crippen LogP) is 2.92. The highest BCUT2D eigenvalue weighted by Gasteiger charge is 2.55. The summed E-state index contributed by atoms with van der Waals surface area (Å²) in [6.45, 7) is 0. The normalized spacial score (nSPS) is 22.9. The molecular weight excluding hydrogens is 208 g/mol. The highest BCUT2D eigenvalue weighted by molar-refractivity contribution is 6.30. The molecule has 1 aromatic rings. The van der Waals surface area contributed by atoms with E-state index < -0.39 is 11.5 Å². The average molecular weight is 218 g/mol. The van der Waals surface area contributed by atoms with E-state index in [1.165, 1.54) is 0 Å². The van der Waals surface area contributed by atoms with Crippen molar-refractivity contribution in [1.82, 2.24) is 0 Å². The Morgan fingerprint density at radius 3 is 2.43 bits per heavy atom. The molecule has 14 heavy (non-hydrogen) atoms. The van der Waals surface area contributed by atoms with Crippen molar-refractivity contribution in [1.29, 1.82) is 0 Å². The van der Waals surface area contributed by atoms with Crippen LogP contribution in [0.15, 0.2) is 24.3 Å². The first kappa shape index (κ1) is 9.87. The molecule has 0 amide bonds. The van der Waals surface area contributed by atoms with Crippen molar-refractivity contribution >= 4 is 11.6 Å². The summed E-state index contributed by atoms with van der Waals surface area (Å²) in [6.07, 6.45) is -0.583. The molecule has 0 bridgehead atoms. The topological polar surface area (TPSA) is 26.0 Å². The molecule has 1 aliphatic rings. The lowest BCUT2D eigenvalue weighted by molar-refractivity contribution is -0.125. The third kappa shape index (κ3) is 1.62. The first-order valence-corrected chi connectivity index (χ1v) is 4.72. The molecule has 1 nitrogen and oxygen atoms in total. The van der Waals surface area contributed by atoms with Crippen molar-refractivity contribution in [3.63, 3.8) is 0 Å². The Balaban J connectivity index is 2.25. The summed E-state index contributed by atoms with van der Waals surface area (Å²) < 4.78 is 25.4. The van der Waals surface area contributed by atoms with E-state index in [-0.39, 0.29) is 12.8 Å². The van der Waals surface area contributed by atoms with Crippen LogP contribution in [0, 0.1) is 0 Å². The number of halogens is 3. The van der Waals surface area contributed by atoms with E-state index in [2.05, 4.69) is 0 Å². The number of alkyl halides is 2. The molecule has 76 valence electrons. The van der Waals surface area contributed by atoms with Crippen molar-refractivity contribution in [3.8, 4) is 0 Å². The minimum absolute atomic E-state index is 0.291. The summed E-state index contributed by atoms with van der Waals surface area (Å²) in [5.74, 6) is -2.61. The molecule has 2 N–H and O–H groups in total. The second kappa shape index (κ2) is 2.91. The van der Waals surface area contributed by atoms with Crippen molar-refractivity contribution in [2.75, 3.05) is 0 Å². The van der Waals surface area contributed by atoms with Gasteiger partial charge in [-0.3, -0.25) is 0 Å². The van der Waals surface area contributed by atoms with Gasteiger partial charge in [-0.2, -0.15) is 0 Å². The van der Waals surface area contributed by atoms with Gasteiger partial charge in [0.15, 0.2) is 0 Å². The first-order chi connectivity index (χ1) is 6.41. The zero-order chi connectivity index (χ0) is 10.4. The van der Waals surface area contributed by atoms with E-state index in [0.717, 1.165) is 0 Å². The number of hydrogen-bond acceptors (Lipinski definition) is 1. The van der Waals surface area contributed by atoms with Crippen LogP contribution < -0.4 is 5.73 Å². The number of rotatable bonds is 1. The maximum Gasteiger partial charge on any atom is 0.252 e. The van der Waals surface area contributed by atoms with Crippen LogP contribution in [-0.2, 0) is 5.54 Å². The van der Waals surface area contributed by atoms with Gasteiger partial charge in [0.2, 0.25) is 0 Å². The summed E-state index contributed by atoms with van der Waals surface area (Å²) >= 11 is 5.76. The second-order valence-corrected chi connectivity index (χ2v) is 4.31. The molecule has 4 heteroatoms. The Labute approximate surface area is 85.9 Å². The summed E-state index contributed by atoms with van der Waals surface area (Å²) in [5.41, 5.74) is 5.63. The lowest BCUT2D eigenvalue weighted by atomic mass is 9.70. The van der Waals surface area contributed by atoms with Crippen molar-refractivity contribution in [2.24, 2.45) is 5.73 Å². The molecule has 0 aromatic heterocycles. The van der Waals surface area contributed by atoms with Gasteiger partial charge < -0.3 is 5.73 Å². The highest BCUT2D eigenvalue weighted by Crippen LogP contribution is 2.49. The van der Waals surface area contributed by atoms with Crippen LogP contribution in [0.4, 0.5) is 8.78 Å². The molecular formula is C10H10ClF2N. The second-order valence-electron chi connectivity index (χ2n) is 3.88. The molecule has 1 fully saturated rings. The Morgan fingerprint density at radius 2 is 1.93 bits per heavy atom. The van der Waals surface area contributed by atoms with Crippen molar-refractivity contribution < 1.29 is 8.78 Å². The molecule has 0 unspecified atom stereocenters. The zero-order valence-corrected chi connectivity index (χ0v) is 8.19. The predicted molar refractivity (Wildman–Crippen MR) is 51.5 cm³/mol. The number of nitrogens with two attached hydrogens (primary N) is 1. The van der Waals surface area contributed by atoms with Gasteiger partial charge in [0, 0.05) is 17.9 Å². The zero-order valence-electron chi connectivity index (χ0n) is 7.43. The van der Waals surface area contributed by atoms with Crippen LogP contribution in [0.5, 0.6) is 0 Å². The molecule has 1 aromatic carbocycles. The van der Waals surface area contributed by atoms with Crippen LogP contribution in [0.1, 0.15) is 18.4 Å². The van der Waals surface area contributed by atoms with Crippen molar-refractivity contribution in [3.05, 3.63) is 34.9 Å². The Hall–Kier alpha value is -0.670. The Bertz CT molecular complexity index is 357. The van der Waals surface area contributed by atoms with Gasteiger partial charge in [0.25, 0.3) is 5.92 Å². The maximum atomic E-state index is 12.7. The van der Waals surface area contributed by atoms with Crippen LogP contribution in [0.3, 0.4) is 0 Å². The number of hydrogen-bond donors (Lipinski definition) is 1. The maximum absolute atomic E-state index is 12.7. The fraction of sp³-hybridized carbons (Fsp3) is 0.400. The Kier molecular flexibility index (Phi) is 2.05. The largest absolute Gasteiger partial charge is 0.321 e. The van der Waals surface area contributed by atoms with Gasteiger partial charge in [0.05, 0.1) is 5.54 Å². The number of benzene rings is 1. The molecule has 0 radical (unpaired) electrons. The van der Waals surface area contributed by atoms with E-state index in [1.54, 1.807) is 24.3 Å². The lowest BCUT2D eigenvalue weighted by Crippen LogP contribution is -2.55. The lowest BCUT2D eigenvalue weighted by Gasteiger charge is -2.44. The third-order valence-electron chi connectivity index (χ3n) is 2.55. The van der Waals surface area contributed by atoms with Gasteiger partial charge in [-0.25, -0.2) is 8.78 Å². The smallest absolute Gasteiger partial charge is 0.252 e. The van der Waals surface area contributed by atoms with Crippen LogP contribution in [-0.4, -0.2) is 5.92 Å². The van der Waals surface area contributed by atoms with E-state index >= 15 is 0 Å². The summed E-state index contributed by atoms with van der Waals surface area (Å²) in [6, 6.07) is 6.81. The van der Waals surface area contributed by atoms with E-state index in [1.807, 2.05) is 0 Å². The molecule has 0 spiro atoms. The molecule has 1 saturated carbocycles. The van der Waals surface area contributed by atoms with Crippen molar-refractivity contribution in [2.45, 2.75) is 24.3 Å². The van der Waals surface area contributed by atoms with Crippen LogP contribution >= 0.6 is 11.6 Å².